The number of carbonyl (C=O) groups is 1. The number of amides is 1. The molecule has 0 aliphatic rings. The van der Waals surface area contributed by atoms with Gasteiger partial charge in [-0.25, -0.2) is 4.98 Å². The van der Waals surface area contributed by atoms with Crippen LogP contribution in [-0.2, 0) is 0 Å². The molecule has 3 heterocycles. The van der Waals surface area contributed by atoms with Crippen molar-refractivity contribution in [3.8, 4) is 16.5 Å². The Morgan fingerprint density at radius 2 is 2.23 bits per heavy atom. The third-order valence-electron chi connectivity index (χ3n) is 2.70. The van der Waals surface area contributed by atoms with Crippen LogP contribution < -0.4 is 10.1 Å². The zero-order valence-corrected chi connectivity index (χ0v) is 13.3. The molecule has 0 unspecified atom stereocenters. The van der Waals surface area contributed by atoms with E-state index in [2.05, 4.69) is 20.5 Å². The van der Waals surface area contributed by atoms with Gasteiger partial charge in [0.1, 0.15) is 5.01 Å². The molecule has 112 valence electrons. The van der Waals surface area contributed by atoms with E-state index in [1.54, 1.807) is 23.5 Å². The molecule has 3 rings (SSSR count). The lowest BCUT2D eigenvalue weighted by atomic mass is 10.3. The van der Waals surface area contributed by atoms with Crippen LogP contribution in [0.3, 0.4) is 0 Å². The van der Waals surface area contributed by atoms with Crippen LogP contribution in [0.15, 0.2) is 35.2 Å². The number of pyridine rings is 1. The third-order valence-corrected chi connectivity index (χ3v) is 4.28. The van der Waals surface area contributed by atoms with Gasteiger partial charge in [-0.3, -0.25) is 10.1 Å². The topological polar surface area (TPSA) is 77.0 Å². The van der Waals surface area contributed by atoms with Gasteiger partial charge in [-0.15, -0.1) is 10.2 Å². The molecule has 3 aromatic heterocycles. The molecule has 0 spiro atoms. The van der Waals surface area contributed by atoms with Crippen LogP contribution in [0.4, 0.5) is 5.13 Å². The lowest BCUT2D eigenvalue weighted by Crippen LogP contribution is -2.12. The van der Waals surface area contributed by atoms with Crippen LogP contribution in [0.5, 0.6) is 5.88 Å². The lowest BCUT2D eigenvalue weighted by molar-refractivity contribution is 0.102. The highest BCUT2D eigenvalue weighted by molar-refractivity contribution is 7.19. The summed E-state index contributed by atoms with van der Waals surface area (Å²) in [6, 6.07) is 5.29. The van der Waals surface area contributed by atoms with E-state index in [-0.39, 0.29) is 5.91 Å². The molecular weight excluding hydrogens is 320 g/mol. The molecule has 22 heavy (non-hydrogen) atoms. The number of ether oxygens (including phenoxy) is 1. The van der Waals surface area contributed by atoms with E-state index in [1.807, 2.05) is 23.8 Å². The van der Waals surface area contributed by atoms with Crippen molar-refractivity contribution >= 4 is 33.7 Å². The molecule has 0 bridgehead atoms. The molecule has 0 aliphatic heterocycles. The largest absolute Gasteiger partial charge is 0.478 e. The number of hydrogen-bond acceptors (Lipinski definition) is 7. The maximum absolute atomic E-state index is 12.1. The second kappa shape index (κ2) is 6.63. The van der Waals surface area contributed by atoms with Gasteiger partial charge in [0.15, 0.2) is 0 Å². The van der Waals surface area contributed by atoms with Crippen molar-refractivity contribution in [3.63, 3.8) is 0 Å². The number of rotatable bonds is 5. The molecule has 1 N–H and O–H groups in total. The van der Waals surface area contributed by atoms with Gasteiger partial charge < -0.3 is 4.74 Å². The van der Waals surface area contributed by atoms with Crippen molar-refractivity contribution in [2.75, 3.05) is 11.9 Å². The van der Waals surface area contributed by atoms with E-state index in [9.17, 15) is 4.79 Å². The van der Waals surface area contributed by atoms with E-state index < -0.39 is 0 Å². The van der Waals surface area contributed by atoms with E-state index in [0.717, 1.165) is 10.6 Å². The Balaban J connectivity index is 1.69. The molecule has 3 aromatic rings. The molecule has 1 amide bonds. The second-order valence-electron chi connectivity index (χ2n) is 4.20. The van der Waals surface area contributed by atoms with Crippen molar-refractivity contribution in [1.29, 1.82) is 0 Å². The molecule has 0 radical (unpaired) electrons. The minimum atomic E-state index is -0.274. The highest BCUT2D eigenvalue weighted by atomic mass is 32.1. The number of carbonyl (C=O) groups excluding carboxylic acids is 1. The first kappa shape index (κ1) is 14.6. The standard InChI is InChI=1S/C14H12N4O2S2/c1-2-20-11-4-3-9(7-15-11)12(19)16-14-18-17-13(22-14)10-5-6-21-8-10/h3-8H,2H2,1H3,(H,16,18,19). The maximum atomic E-state index is 12.1. The normalized spacial score (nSPS) is 10.4. The SMILES string of the molecule is CCOc1ccc(C(=O)Nc2nnc(-c3ccsc3)s2)cn1. The Morgan fingerprint density at radius 1 is 1.32 bits per heavy atom. The quantitative estimate of drug-likeness (QED) is 0.775. The van der Waals surface area contributed by atoms with Crippen LogP contribution in [0, 0.1) is 0 Å². The first-order chi connectivity index (χ1) is 10.8. The number of anilines is 1. The summed E-state index contributed by atoms with van der Waals surface area (Å²) in [6.45, 7) is 2.41. The van der Waals surface area contributed by atoms with Crippen molar-refractivity contribution in [2.45, 2.75) is 6.92 Å². The lowest BCUT2D eigenvalue weighted by Gasteiger charge is -2.03. The van der Waals surface area contributed by atoms with Crippen molar-refractivity contribution < 1.29 is 9.53 Å². The fraction of sp³-hybridized carbons (Fsp3) is 0.143. The van der Waals surface area contributed by atoms with Crippen LogP contribution in [0.2, 0.25) is 0 Å². The molecule has 0 aromatic carbocycles. The van der Waals surface area contributed by atoms with Gasteiger partial charge in [0, 0.05) is 23.2 Å². The van der Waals surface area contributed by atoms with Gasteiger partial charge in [0.05, 0.1) is 12.2 Å². The van der Waals surface area contributed by atoms with Gasteiger partial charge in [-0.1, -0.05) is 11.3 Å². The Kier molecular flexibility index (Phi) is 4.40. The van der Waals surface area contributed by atoms with Crippen LogP contribution in [-0.4, -0.2) is 27.7 Å². The maximum Gasteiger partial charge on any atom is 0.259 e. The minimum absolute atomic E-state index is 0.274. The Bertz CT molecular complexity index is 754. The molecule has 8 heteroatoms. The fourth-order valence-corrected chi connectivity index (χ4v) is 3.14. The van der Waals surface area contributed by atoms with Crippen molar-refractivity contribution in [3.05, 3.63) is 40.7 Å². The first-order valence-corrected chi connectivity index (χ1v) is 8.28. The van der Waals surface area contributed by atoms with E-state index in [1.165, 1.54) is 17.5 Å². The van der Waals surface area contributed by atoms with Gasteiger partial charge in [0.2, 0.25) is 11.0 Å². The summed E-state index contributed by atoms with van der Waals surface area (Å²) in [4.78, 5) is 16.2. The van der Waals surface area contributed by atoms with E-state index in [0.29, 0.717) is 23.2 Å². The summed E-state index contributed by atoms with van der Waals surface area (Å²) < 4.78 is 5.24. The molecule has 0 fully saturated rings. The molecule has 6 nitrogen and oxygen atoms in total. The zero-order valence-electron chi connectivity index (χ0n) is 11.6. The predicted molar refractivity (Wildman–Crippen MR) is 86.6 cm³/mol. The minimum Gasteiger partial charge on any atom is -0.478 e. The average Bonchev–Trinajstić information content (AvgIpc) is 3.19. The number of nitrogens with one attached hydrogen (secondary N) is 1. The highest BCUT2D eigenvalue weighted by Gasteiger charge is 2.12. The Morgan fingerprint density at radius 3 is 2.91 bits per heavy atom. The second-order valence-corrected chi connectivity index (χ2v) is 5.95. The van der Waals surface area contributed by atoms with Gasteiger partial charge in [-0.05, 0) is 24.4 Å². The highest BCUT2D eigenvalue weighted by Crippen LogP contribution is 2.28. The molecular formula is C14H12N4O2S2. The van der Waals surface area contributed by atoms with Gasteiger partial charge in [-0.2, -0.15) is 11.3 Å². The van der Waals surface area contributed by atoms with Crippen LogP contribution in [0.25, 0.3) is 10.6 Å². The molecule has 0 saturated heterocycles. The van der Waals surface area contributed by atoms with Gasteiger partial charge in [0.25, 0.3) is 5.91 Å². The number of aromatic nitrogens is 3. The Hall–Kier alpha value is -2.32. The summed E-state index contributed by atoms with van der Waals surface area (Å²) in [5.41, 5.74) is 1.45. The van der Waals surface area contributed by atoms with E-state index in [4.69, 9.17) is 4.74 Å². The fourth-order valence-electron chi connectivity index (χ4n) is 1.69. The number of nitrogens with zero attached hydrogens (tertiary/aromatic N) is 3. The molecule has 0 atom stereocenters. The zero-order chi connectivity index (χ0) is 15.4. The number of hydrogen-bond donors (Lipinski definition) is 1. The molecule has 0 aliphatic carbocycles. The first-order valence-electron chi connectivity index (χ1n) is 6.52. The molecule has 0 saturated carbocycles. The summed E-state index contributed by atoms with van der Waals surface area (Å²) >= 11 is 2.92. The van der Waals surface area contributed by atoms with E-state index >= 15 is 0 Å². The summed E-state index contributed by atoms with van der Waals surface area (Å²) in [7, 11) is 0. The summed E-state index contributed by atoms with van der Waals surface area (Å²) in [5.74, 6) is 0.221. The summed E-state index contributed by atoms with van der Waals surface area (Å²) in [6.07, 6.45) is 1.47. The smallest absolute Gasteiger partial charge is 0.259 e. The van der Waals surface area contributed by atoms with Crippen LogP contribution >= 0.6 is 22.7 Å². The van der Waals surface area contributed by atoms with Crippen molar-refractivity contribution in [2.24, 2.45) is 0 Å². The predicted octanol–water partition coefficient (Wildman–Crippen LogP) is 3.31. The van der Waals surface area contributed by atoms with Crippen molar-refractivity contribution in [1.82, 2.24) is 15.2 Å². The van der Waals surface area contributed by atoms with Gasteiger partial charge >= 0.3 is 0 Å². The summed E-state index contributed by atoms with van der Waals surface area (Å²) in [5, 5.41) is 16.0. The Labute approximate surface area is 134 Å². The average molecular weight is 332 g/mol. The van der Waals surface area contributed by atoms with Crippen LogP contribution in [0.1, 0.15) is 17.3 Å². The third kappa shape index (κ3) is 3.29. The monoisotopic (exact) mass is 332 g/mol. The number of thiophene rings is 1.